The van der Waals surface area contributed by atoms with Crippen molar-refractivity contribution in [3.8, 4) is 0 Å². The first-order valence-electron chi connectivity index (χ1n) is 7.34. The van der Waals surface area contributed by atoms with Crippen LogP contribution in [0.25, 0.3) is 10.1 Å². The average Bonchev–Trinajstić information content (AvgIpc) is 3.10. The minimum Gasteiger partial charge on any atom is -0.347 e. The molecule has 3 nitrogen and oxygen atoms in total. The molecular weight excluding hydrogens is 328 g/mol. The summed E-state index contributed by atoms with van der Waals surface area (Å²) in [5.41, 5.74) is 9.41. The van der Waals surface area contributed by atoms with Crippen molar-refractivity contribution in [2.24, 2.45) is 5.73 Å². The van der Waals surface area contributed by atoms with E-state index in [-0.39, 0.29) is 30.4 Å². The second-order valence-corrected chi connectivity index (χ2v) is 6.57. The van der Waals surface area contributed by atoms with Gasteiger partial charge in [0.1, 0.15) is 0 Å². The van der Waals surface area contributed by atoms with E-state index in [0.29, 0.717) is 0 Å². The molecule has 0 aliphatic heterocycles. The van der Waals surface area contributed by atoms with Gasteiger partial charge in [0.2, 0.25) is 0 Å². The van der Waals surface area contributed by atoms with Crippen LogP contribution in [0.4, 0.5) is 0 Å². The molecule has 23 heavy (non-hydrogen) atoms. The van der Waals surface area contributed by atoms with E-state index in [1.807, 2.05) is 47.8 Å². The zero-order chi connectivity index (χ0) is 15.1. The van der Waals surface area contributed by atoms with Gasteiger partial charge in [-0.1, -0.05) is 42.5 Å². The third kappa shape index (κ3) is 2.74. The predicted molar refractivity (Wildman–Crippen MR) is 97.4 cm³/mol. The summed E-state index contributed by atoms with van der Waals surface area (Å²) in [7, 11) is 0. The molecule has 1 amide bonds. The number of halogens is 1. The van der Waals surface area contributed by atoms with Gasteiger partial charge in [-0.25, -0.2) is 0 Å². The van der Waals surface area contributed by atoms with E-state index in [9.17, 15) is 4.79 Å². The molecule has 0 radical (unpaired) electrons. The van der Waals surface area contributed by atoms with Crippen molar-refractivity contribution in [2.45, 2.75) is 18.5 Å². The third-order valence-electron chi connectivity index (χ3n) is 4.33. The Morgan fingerprint density at radius 3 is 2.70 bits per heavy atom. The molecule has 2 aromatic carbocycles. The predicted octanol–water partition coefficient (Wildman–Crippen LogP) is 3.68. The van der Waals surface area contributed by atoms with Gasteiger partial charge in [0.25, 0.3) is 5.91 Å². The molecule has 5 heteroatoms. The molecule has 1 aromatic heterocycles. The Morgan fingerprint density at radius 1 is 1.13 bits per heavy atom. The Balaban J connectivity index is 0.00000156. The van der Waals surface area contributed by atoms with Crippen LogP contribution < -0.4 is 11.1 Å². The zero-order valence-electron chi connectivity index (χ0n) is 12.4. The zero-order valence-corrected chi connectivity index (χ0v) is 14.0. The SMILES string of the molecule is Cl.N[C@@H]1c2ccccc2C[C@H]1NC(=O)c1csc2ccccc12. The van der Waals surface area contributed by atoms with Crippen LogP contribution in [0.2, 0.25) is 0 Å². The minimum atomic E-state index is -0.134. The van der Waals surface area contributed by atoms with Crippen molar-refractivity contribution < 1.29 is 4.79 Å². The van der Waals surface area contributed by atoms with Crippen LogP contribution in [0.5, 0.6) is 0 Å². The number of thiophene rings is 1. The van der Waals surface area contributed by atoms with Gasteiger partial charge in [0.15, 0.2) is 0 Å². The molecule has 0 saturated heterocycles. The smallest absolute Gasteiger partial charge is 0.253 e. The molecule has 3 aromatic rings. The first kappa shape index (κ1) is 16.0. The van der Waals surface area contributed by atoms with Gasteiger partial charge in [0.05, 0.1) is 17.6 Å². The first-order valence-corrected chi connectivity index (χ1v) is 8.22. The van der Waals surface area contributed by atoms with Crippen LogP contribution in [-0.4, -0.2) is 11.9 Å². The maximum atomic E-state index is 12.6. The van der Waals surface area contributed by atoms with Crippen LogP contribution >= 0.6 is 23.7 Å². The molecule has 1 aliphatic carbocycles. The van der Waals surface area contributed by atoms with E-state index < -0.39 is 0 Å². The van der Waals surface area contributed by atoms with Crippen LogP contribution in [0.15, 0.2) is 53.9 Å². The van der Waals surface area contributed by atoms with Crippen molar-refractivity contribution in [3.63, 3.8) is 0 Å². The maximum Gasteiger partial charge on any atom is 0.253 e. The molecule has 0 bridgehead atoms. The summed E-state index contributed by atoms with van der Waals surface area (Å²) < 4.78 is 1.13. The van der Waals surface area contributed by atoms with Crippen LogP contribution in [0, 0.1) is 0 Å². The number of carbonyl (C=O) groups excluding carboxylic acids is 1. The fourth-order valence-electron chi connectivity index (χ4n) is 3.17. The van der Waals surface area contributed by atoms with Crippen LogP contribution in [-0.2, 0) is 6.42 Å². The molecule has 0 spiro atoms. The molecule has 0 fully saturated rings. The van der Waals surface area contributed by atoms with E-state index in [0.717, 1.165) is 27.6 Å². The summed E-state index contributed by atoms with van der Waals surface area (Å²) in [4.78, 5) is 12.6. The highest BCUT2D eigenvalue weighted by molar-refractivity contribution is 7.17. The highest BCUT2D eigenvalue weighted by Gasteiger charge is 2.30. The van der Waals surface area contributed by atoms with Gasteiger partial charge in [-0.3, -0.25) is 4.79 Å². The van der Waals surface area contributed by atoms with Crippen LogP contribution in [0.3, 0.4) is 0 Å². The number of nitrogens with two attached hydrogens (primary N) is 1. The Labute approximate surface area is 144 Å². The van der Waals surface area contributed by atoms with Crippen molar-refractivity contribution in [3.05, 3.63) is 70.6 Å². The molecule has 0 unspecified atom stereocenters. The lowest BCUT2D eigenvalue weighted by Crippen LogP contribution is -2.40. The largest absolute Gasteiger partial charge is 0.347 e. The number of rotatable bonds is 2. The molecule has 118 valence electrons. The molecule has 1 aliphatic rings. The summed E-state index contributed by atoms with van der Waals surface area (Å²) in [6.07, 6.45) is 0.797. The van der Waals surface area contributed by atoms with E-state index >= 15 is 0 Å². The Bertz CT molecular complexity index is 861. The summed E-state index contributed by atoms with van der Waals surface area (Å²) in [5, 5.41) is 6.05. The second kappa shape index (κ2) is 6.32. The van der Waals surface area contributed by atoms with Crippen molar-refractivity contribution in [1.82, 2.24) is 5.32 Å². The minimum absolute atomic E-state index is 0. The van der Waals surface area contributed by atoms with Gasteiger partial charge in [-0.2, -0.15) is 0 Å². The lowest BCUT2D eigenvalue weighted by molar-refractivity contribution is 0.0935. The Kier molecular flexibility index (Phi) is 4.39. The van der Waals surface area contributed by atoms with Gasteiger partial charge in [-0.15, -0.1) is 23.7 Å². The van der Waals surface area contributed by atoms with E-state index in [1.165, 1.54) is 5.56 Å². The van der Waals surface area contributed by atoms with Gasteiger partial charge in [-0.05, 0) is 23.6 Å². The van der Waals surface area contributed by atoms with Gasteiger partial charge in [0, 0.05) is 15.5 Å². The van der Waals surface area contributed by atoms with Crippen molar-refractivity contribution in [1.29, 1.82) is 0 Å². The summed E-state index contributed by atoms with van der Waals surface area (Å²) in [5.74, 6) is -0.0364. The highest BCUT2D eigenvalue weighted by atomic mass is 35.5. The molecule has 4 rings (SSSR count). The number of fused-ring (bicyclic) bond motifs is 2. The number of amides is 1. The summed E-state index contributed by atoms with van der Waals surface area (Å²) in [6, 6.07) is 15.9. The van der Waals surface area contributed by atoms with Crippen molar-refractivity contribution in [2.75, 3.05) is 0 Å². The lowest BCUT2D eigenvalue weighted by atomic mass is 10.1. The quantitative estimate of drug-likeness (QED) is 0.745. The molecule has 0 saturated carbocycles. The molecule has 1 heterocycles. The Morgan fingerprint density at radius 2 is 1.87 bits per heavy atom. The number of benzene rings is 2. The topological polar surface area (TPSA) is 55.1 Å². The Hall–Kier alpha value is -1.88. The van der Waals surface area contributed by atoms with Crippen molar-refractivity contribution >= 4 is 39.7 Å². The average molecular weight is 345 g/mol. The number of hydrogen-bond acceptors (Lipinski definition) is 3. The fourth-order valence-corrected chi connectivity index (χ4v) is 4.11. The first-order chi connectivity index (χ1) is 10.7. The van der Waals surface area contributed by atoms with Gasteiger partial charge >= 0.3 is 0 Å². The fraction of sp³-hybridized carbons (Fsp3) is 0.167. The summed E-state index contributed by atoms with van der Waals surface area (Å²) in [6.45, 7) is 0. The number of hydrogen-bond donors (Lipinski definition) is 2. The number of carbonyl (C=O) groups is 1. The summed E-state index contributed by atoms with van der Waals surface area (Å²) >= 11 is 1.60. The van der Waals surface area contributed by atoms with E-state index in [2.05, 4.69) is 11.4 Å². The second-order valence-electron chi connectivity index (χ2n) is 5.65. The van der Waals surface area contributed by atoms with Crippen LogP contribution in [0.1, 0.15) is 27.5 Å². The molecular formula is C18H17ClN2OS. The normalized spacial score (nSPS) is 19.2. The standard InChI is InChI=1S/C18H16N2OS.ClH/c19-17-12-6-2-1-5-11(12)9-15(17)20-18(21)14-10-22-16-8-4-3-7-13(14)16;/h1-8,10,15,17H,9,19H2,(H,20,21);1H/t15-,17-;/m1./s1. The third-order valence-corrected chi connectivity index (χ3v) is 5.29. The van der Waals surface area contributed by atoms with Gasteiger partial charge < -0.3 is 11.1 Å². The monoisotopic (exact) mass is 344 g/mol. The lowest BCUT2D eigenvalue weighted by Gasteiger charge is -2.17. The molecule has 3 N–H and O–H groups in total. The maximum absolute atomic E-state index is 12.6. The highest BCUT2D eigenvalue weighted by Crippen LogP contribution is 2.30. The molecule has 2 atom stereocenters. The van der Waals surface area contributed by atoms with E-state index in [1.54, 1.807) is 11.3 Å². The van der Waals surface area contributed by atoms with E-state index in [4.69, 9.17) is 5.73 Å². The number of nitrogens with one attached hydrogen (secondary N) is 1.